The van der Waals surface area contributed by atoms with Gasteiger partial charge in [-0.25, -0.2) is 0 Å². The van der Waals surface area contributed by atoms with Crippen molar-refractivity contribution >= 4 is 5.91 Å². The molecule has 2 rings (SSSR count). The van der Waals surface area contributed by atoms with E-state index in [4.69, 9.17) is 4.74 Å². The van der Waals surface area contributed by atoms with Gasteiger partial charge in [-0.05, 0) is 24.7 Å². The van der Waals surface area contributed by atoms with Gasteiger partial charge in [0.15, 0.2) is 0 Å². The predicted molar refractivity (Wildman–Crippen MR) is 71.3 cm³/mol. The molecule has 1 aliphatic heterocycles. The van der Waals surface area contributed by atoms with Gasteiger partial charge in [-0.2, -0.15) is 0 Å². The molecule has 1 saturated heterocycles. The molecule has 4 unspecified atom stereocenters. The highest BCUT2D eigenvalue weighted by atomic mass is 16.5. The number of nitrogens with one attached hydrogen (secondary N) is 2. The second kappa shape index (κ2) is 6.53. The number of morpholine rings is 1. The molecule has 4 atom stereocenters. The van der Waals surface area contributed by atoms with Crippen molar-refractivity contribution in [3.63, 3.8) is 0 Å². The van der Waals surface area contributed by atoms with E-state index in [0.29, 0.717) is 25.0 Å². The molecule has 2 fully saturated rings. The van der Waals surface area contributed by atoms with Gasteiger partial charge in [0, 0.05) is 25.0 Å². The van der Waals surface area contributed by atoms with Crippen LogP contribution >= 0.6 is 0 Å². The van der Waals surface area contributed by atoms with E-state index in [1.165, 1.54) is 12.8 Å². The van der Waals surface area contributed by atoms with Crippen LogP contribution in [0.4, 0.5) is 0 Å². The van der Waals surface area contributed by atoms with Gasteiger partial charge >= 0.3 is 0 Å². The average molecular weight is 254 g/mol. The van der Waals surface area contributed by atoms with E-state index < -0.39 is 0 Å². The van der Waals surface area contributed by atoms with E-state index in [1.807, 2.05) is 0 Å². The molecule has 1 heterocycles. The van der Waals surface area contributed by atoms with Crippen LogP contribution in [-0.4, -0.2) is 37.7 Å². The molecule has 4 nitrogen and oxygen atoms in total. The molecule has 0 aromatic rings. The number of carbonyl (C=O) groups excluding carboxylic acids is 1. The number of carbonyl (C=O) groups is 1. The van der Waals surface area contributed by atoms with Crippen LogP contribution in [0.25, 0.3) is 0 Å². The highest BCUT2D eigenvalue weighted by Crippen LogP contribution is 2.33. The Balaban J connectivity index is 1.74. The van der Waals surface area contributed by atoms with Gasteiger partial charge in [0.1, 0.15) is 0 Å². The summed E-state index contributed by atoms with van der Waals surface area (Å²) >= 11 is 0. The molecule has 4 heteroatoms. The standard InChI is InChI=1S/C14H26N2O2/c1-3-11-4-5-13(10(11)2)16-14(17)8-12-9-18-7-6-15-12/h10-13,15H,3-9H2,1-2H3,(H,16,17). The Morgan fingerprint density at radius 1 is 1.44 bits per heavy atom. The SMILES string of the molecule is CCC1CCC(NC(=O)CC2COCCN2)C1C. The summed E-state index contributed by atoms with van der Waals surface area (Å²) in [7, 11) is 0. The Morgan fingerprint density at radius 3 is 2.89 bits per heavy atom. The molecular weight excluding hydrogens is 228 g/mol. The van der Waals surface area contributed by atoms with Gasteiger partial charge in [0.2, 0.25) is 5.91 Å². The van der Waals surface area contributed by atoms with Gasteiger partial charge in [-0.1, -0.05) is 20.3 Å². The van der Waals surface area contributed by atoms with Crippen LogP contribution in [0.3, 0.4) is 0 Å². The highest BCUT2D eigenvalue weighted by Gasteiger charge is 2.32. The van der Waals surface area contributed by atoms with Crippen LogP contribution in [0.1, 0.15) is 39.5 Å². The van der Waals surface area contributed by atoms with Crippen LogP contribution < -0.4 is 10.6 Å². The van der Waals surface area contributed by atoms with Crippen LogP contribution in [0.5, 0.6) is 0 Å². The van der Waals surface area contributed by atoms with Crippen molar-refractivity contribution in [3.8, 4) is 0 Å². The van der Waals surface area contributed by atoms with Crippen LogP contribution in [0.2, 0.25) is 0 Å². The van der Waals surface area contributed by atoms with E-state index >= 15 is 0 Å². The lowest BCUT2D eigenvalue weighted by Gasteiger charge is -2.25. The summed E-state index contributed by atoms with van der Waals surface area (Å²) in [5.74, 6) is 1.58. The summed E-state index contributed by atoms with van der Waals surface area (Å²) in [5.41, 5.74) is 0. The summed E-state index contributed by atoms with van der Waals surface area (Å²) in [6.07, 6.45) is 4.17. The molecule has 2 N–H and O–H groups in total. The fraction of sp³-hybridized carbons (Fsp3) is 0.929. The van der Waals surface area contributed by atoms with Gasteiger partial charge in [-0.15, -0.1) is 0 Å². The second-order valence-corrected chi connectivity index (χ2v) is 5.71. The van der Waals surface area contributed by atoms with Crippen LogP contribution in [0.15, 0.2) is 0 Å². The normalized spacial score (nSPS) is 36.6. The quantitative estimate of drug-likeness (QED) is 0.795. The lowest BCUT2D eigenvalue weighted by Crippen LogP contribution is -2.46. The third-order valence-corrected chi connectivity index (χ3v) is 4.53. The van der Waals surface area contributed by atoms with E-state index in [-0.39, 0.29) is 11.9 Å². The molecule has 1 aliphatic carbocycles. The predicted octanol–water partition coefficient (Wildman–Crippen LogP) is 1.31. The van der Waals surface area contributed by atoms with Crippen molar-refractivity contribution in [2.75, 3.05) is 19.8 Å². The third kappa shape index (κ3) is 3.45. The molecule has 1 amide bonds. The van der Waals surface area contributed by atoms with Gasteiger partial charge in [0.25, 0.3) is 0 Å². The summed E-state index contributed by atoms with van der Waals surface area (Å²) < 4.78 is 5.37. The van der Waals surface area contributed by atoms with Gasteiger partial charge in [0.05, 0.1) is 13.2 Å². The molecular formula is C14H26N2O2. The molecule has 1 saturated carbocycles. The monoisotopic (exact) mass is 254 g/mol. The first-order chi connectivity index (χ1) is 8.70. The lowest BCUT2D eigenvalue weighted by molar-refractivity contribution is -0.123. The van der Waals surface area contributed by atoms with Crippen LogP contribution in [0, 0.1) is 11.8 Å². The minimum atomic E-state index is 0.173. The second-order valence-electron chi connectivity index (χ2n) is 5.71. The minimum absolute atomic E-state index is 0.173. The largest absolute Gasteiger partial charge is 0.378 e. The van der Waals surface area contributed by atoms with Crippen molar-refractivity contribution < 1.29 is 9.53 Å². The van der Waals surface area contributed by atoms with Gasteiger partial charge < -0.3 is 15.4 Å². The Bertz CT molecular complexity index is 277. The number of ether oxygens (including phenoxy) is 1. The number of hydrogen-bond acceptors (Lipinski definition) is 3. The topological polar surface area (TPSA) is 50.4 Å². The molecule has 0 radical (unpaired) electrons. The molecule has 0 bridgehead atoms. The first kappa shape index (κ1) is 13.8. The Kier molecular flexibility index (Phi) is 5.01. The highest BCUT2D eigenvalue weighted by molar-refractivity contribution is 5.77. The zero-order valence-corrected chi connectivity index (χ0v) is 11.6. The van der Waals surface area contributed by atoms with Gasteiger partial charge in [-0.3, -0.25) is 4.79 Å². The fourth-order valence-electron chi connectivity index (χ4n) is 3.27. The summed E-state index contributed by atoms with van der Waals surface area (Å²) in [6, 6.07) is 0.574. The Hall–Kier alpha value is -0.610. The maximum Gasteiger partial charge on any atom is 0.221 e. The number of hydrogen-bond donors (Lipinski definition) is 2. The zero-order chi connectivity index (χ0) is 13.0. The number of rotatable bonds is 4. The first-order valence-electron chi connectivity index (χ1n) is 7.31. The van der Waals surface area contributed by atoms with E-state index in [2.05, 4.69) is 24.5 Å². The smallest absolute Gasteiger partial charge is 0.221 e. The third-order valence-electron chi connectivity index (χ3n) is 4.53. The zero-order valence-electron chi connectivity index (χ0n) is 11.6. The maximum absolute atomic E-state index is 12.0. The minimum Gasteiger partial charge on any atom is -0.378 e. The van der Waals surface area contributed by atoms with Crippen molar-refractivity contribution in [1.82, 2.24) is 10.6 Å². The lowest BCUT2D eigenvalue weighted by atomic mass is 9.93. The van der Waals surface area contributed by atoms with Crippen molar-refractivity contribution in [3.05, 3.63) is 0 Å². The molecule has 0 aromatic carbocycles. The van der Waals surface area contributed by atoms with Crippen molar-refractivity contribution in [2.45, 2.75) is 51.6 Å². The van der Waals surface area contributed by atoms with E-state index in [9.17, 15) is 4.79 Å². The fourth-order valence-corrected chi connectivity index (χ4v) is 3.27. The average Bonchev–Trinajstić information content (AvgIpc) is 2.71. The van der Waals surface area contributed by atoms with Crippen LogP contribution in [-0.2, 0) is 9.53 Å². The maximum atomic E-state index is 12.0. The van der Waals surface area contributed by atoms with Crippen molar-refractivity contribution in [1.29, 1.82) is 0 Å². The number of amides is 1. The Labute approximate surface area is 110 Å². The molecule has 0 spiro atoms. The molecule has 18 heavy (non-hydrogen) atoms. The Morgan fingerprint density at radius 2 is 2.28 bits per heavy atom. The first-order valence-corrected chi connectivity index (χ1v) is 7.31. The summed E-state index contributed by atoms with van der Waals surface area (Å²) in [6.45, 7) is 6.79. The molecule has 2 aliphatic rings. The summed E-state index contributed by atoms with van der Waals surface area (Å²) in [4.78, 5) is 12.0. The molecule has 104 valence electrons. The van der Waals surface area contributed by atoms with E-state index in [1.54, 1.807) is 0 Å². The van der Waals surface area contributed by atoms with Crippen molar-refractivity contribution in [2.24, 2.45) is 11.8 Å². The van der Waals surface area contributed by atoms with E-state index in [0.717, 1.165) is 25.5 Å². The summed E-state index contributed by atoms with van der Waals surface area (Å²) in [5, 5.41) is 6.53. The molecule has 0 aromatic heterocycles.